The third-order valence-corrected chi connectivity index (χ3v) is 17.4. The first-order valence-electron chi connectivity index (χ1n) is 33.0. The molecule has 25 nitrogen and oxygen atoms in total. The van der Waals surface area contributed by atoms with Gasteiger partial charge in [-0.1, -0.05) is 96.9 Å². The maximum absolute atomic E-state index is 14.9. The Morgan fingerprint density at radius 3 is 1.64 bits per heavy atom. The van der Waals surface area contributed by atoms with Crippen LogP contribution < -0.4 is 26.6 Å². The Morgan fingerprint density at radius 1 is 0.628 bits per heavy atom. The molecule has 538 valence electrons. The van der Waals surface area contributed by atoms with Crippen LogP contribution in [0.2, 0.25) is 0 Å². The molecular formula is C66H116F3N13O12. The number of hydrogen-bond donors (Lipinski definition) is 6. The molecule has 0 radical (unpaired) electrons. The van der Waals surface area contributed by atoms with Crippen molar-refractivity contribution in [3.8, 4) is 0 Å². The van der Waals surface area contributed by atoms with Gasteiger partial charge in [0.05, 0.1) is 30.7 Å². The number of alkyl halides is 3. The van der Waals surface area contributed by atoms with Gasteiger partial charge in [0.2, 0.25) is 59.1 Å². The monoisotopic (exact) mass is 1340 g/mol. The molecule has 0 aromatic carbocycles. The van der Waals surface area contributed by atoms with Gasteiger partial charge >= 0.3 is 6.18 Å². The highest BCUT2D eigenvalue weighted by molar-refractivity contribution is 6.02. The topological polar surface area (TPSA) is 305 Å². The second-order valence-corrected chi connectivity index (χ2v) is 27.9. The lowest BCUT2D eigenvalue weighted by Crippen LogP contribution is -2.69. The largest absolute Gasteiger partial charge is 0.390 e. The van der Waals surface area contributed by atoms with Gasteiger partial charge < -0.3 is 49.7 Å². The Kier molecular flexibility index (Phi) is 34.8. The average molecular weight is 1340 g/mol. The van der Waals surface area contributed by atoms with Crippen LogP contribution in [0.5, 0.6) is 0 Å². The molecule has 28 heteroatoms. The average Bonchev–Trinajstić information content (AvgIpc) is 0.864. The number of aromatic nitrogens is 2. The first kappa shape index (κ1) is 85.5. The van der Waals surface area contributed by atoms with Crippen molar-refractivity contribution < 1.29 is 71.0 Å². The number of amides is 10. The summed E-state index contributed by atoms with van der Waals surface area (Å²) < 4.78 is 41.2. The zero-order chi connectivity index (χ0) is 72.9. The molecule has 0 unspecified atom stereocenters. The zero-order valence-electron chi connectivity index (χ0n) is 60.6. The van der Waals surface area contributed by atoms with E-state index in [1.165, 1.54) is 109 Å². The number of aryl methyl sites for hydroxylation is 1. The fourth-order valence-electron chi connectivity index (χ4n) is 11.4. The maximum Gasteiger partial charge on any atom is 0.390 e. The number of nitrogens with one attached hydrogen (secondary N) is 5. The molecule has 1 aromatic rings. The van der Waals surface area contributed by atoms with Crippen LogP contribution in [0.25, 0.3) is 0 Å². The first-order chi connectivity index (χ1) is 43.3. The number of imidazole rings is 1. The number of aliphatic hydroxyl groups excluding tert-OH is 1. The van der Waals surface area contributed by atoms with Gasteiger partial charge in [0.25, 0.3) is 0 Å². The highest BCUT2D eigenvalue weighted by atomic mass is 19.4. The van der Waals surface area contributed by atoms with Crippen LogP contribution in [0.3, 0.4) is 0 Å². The van der Waals surface area contributed by atoms with Crippen molar-refractivity contribution in [1.82, 2.24) is 65.5 Å². The highest BCUT2D eigenvalue weighted by Crippen LogP contribution is 2.28. The standard InChI is InChI=1S/C66H116F3N13O12/c1-25-47(73-59(89)54(55(85)43(14)34-50-71-29-31-82(50)30-28-66(67,68)69)80(23)64(94)53(42(12)13)79(22)51(84)27-26-37(2)3)62(92)76(19)46(17)61(91)81(24)65(36-83,35-40(8)9)75-52(41(10)11)63(93)78(21)49(33-39(6)7)58(88)74-56(86)44(15)72-45(16)60(90)77(20)48(32-38(4)5)57(87)70-18/h29,31,36-49,52-55,72,75,85H,25-28,30,32-35H2,1-24H3,(H,70,87)(H,73,89)(H,74,86,88)/t43-,44-,45+,46-,47-,48+,49+,52+,53+,54+,55-,65-/m1/s1. The first-order valence-corrected chi connectivity index (χ1v) is 33.0. The van der Waals surface area contributed by atoms with Crippen molar-refractivity contribution in [3.05, 3.63) is 18.2 Å². The lowest BCUT2D eigenvalue weighted by Gasteiger charge is -2.45. The van der Waals surface area contributed by atoms with E-state index in [2.05, 4.69) is 31.6 Å². The van der Waals surface area contributed by atoms with Gasteiger partial charge in [0.15, 0.2) is 11.9 Å². The molecule has 0 spiro atoms. The van der Waals surface area contributed by atoms with E-state index in [9.17, 15) is 71.0 Å². The van der Waals surface area contributed by atoms with Gasteiger partial charge in [-0.25, -0.2) is 4.98 Å². The van der Waals surface area contributed by atoms with Crippen molar-refractivity contribution in [3.63, 3.8) is 0 Å². The minimum Gasteiger partial charge on any atom is -0.390 e. The minimum atomic E-state index is -4.48. The van der Waals surface area contributed by atoms with Crippen LogP contribution >= 0.6 is 0 Å². The summed E-state index contributed by atoms with van der Waals surface area (Å²) in [6, 6.07) is -11.0. The van der Waals surface area contributed by atoms with Crippen LogP contribution in [0, 0.1) is 41.4 Å². The minimum absolute atomic E-state index is 0.0590. The molecular weight excluding hydrogens is 1220 g/mol. The summed E-state index contributed by atoms with van der Waals surface area (Å²) in [5.41, 5.74) is -1.94. The highest BCUT2D eigenvalue weighted by Gasteiger charge is 2.47. The van der Waals surface area contributed by atoms with E-state index in [0.29, 0.717) is 19.1 Å². The lowest BCUT2D eigenvalue weighted by atomic mass is 9.91. The van der Waals surface area contributed by atoms with Gasteiger partial charge in [0, 0.05) is 81.1 Å². The number of carbonyl (C=O) groups is 11. The summed E-state index contributed by atoms with van der Waals surface area (Å²) >= 11 is 0. The lowest BCUT2D eigenvalue weighted by molar-refractivity contribution is -0.155. The van der Waals surface area contributed by atoms with Crippen LogP contribution in [-0.4, -0.2) is 231 Å². The van der Waals surface area contributed by atoms with Crippen molar-refractivity contribution in [2.45, 2.75) is 248 Å². The second kappa shape index (κ2) is 38.3. The molecule has 94 heavy (non-hydrogen) atoms. The second-order valence-electron chi connectivity index (χ2n) is 27.9. The molecule has 0 fully saturated rings. The van der Waals surface area contributed by atoms with Crippen molar-refractivity contribution >= 4 is 65.4 Å². The number of aliphatic hydroxyl groups is 1. The fraction of sp³-hybridized carbons (Fsp3) is 0.788. The van der Waals surface area contributed by atoms with E-state index in [1.807, 2.05) is 41.5 Å². The maximum atomic E-state index is 14.9. The number of hydrogen-bond acceptors (Lipinski definition) is 15. The molecule has 0 saturated heterocycles. The third-order valence-electron chi connectivity index (χ3n) is 17.4. The smallest absolute Gasteiger partial charge is 0.390 e. The Morgan fingerprint density at radius 2 is 1.17 bits per heavy atom. The summed E-state index contributed by atoms with van der Waals surface area (Å²) in [7, 11) is 9.77. The van der Waals surface area contributed by atoms with Gasteiger partial charge in [-0.3, -0.25) is 68.7 Å². The number of likely N-dealkylation sites (N-methyl/N-ethyl adjacent to an activating group) is 7. The molecule has 6 N–H and O–H groups in total. The molecule has 0 aliphatic heterocycles. The summed E-state index contributed by atoms with van der Waals surface area (Å²) in [6.45, 7) is 28.8. The summed E-state index contributed by atoms with van der Waals surface area (Å²) in [5.74, 6) is -8.87. The van der Waals surface area contributed by atoms with E-state index in [4.69, 9.17) is 0 Å². The van der Waals surface area contributed by atoms with Crippen LogP contribution in [0.1, 0.15) is 168 Å². The van der Waals surface area contributed by atoms with Crippen LogP contribution in [-0.2, 0) is 65.7 Å². The van der Waals surface area contributed by atoms with Crippen LogP contribution in [0.15, 0.2) is 12.4 Å². The zero-order valence-corrected chi connectivity index (χ0v) is 60.6. The quantitative estimate of drug-likeness (QED) is 0.0394. The number of halogens is 3. The molecule has 1 rings (SSSR count). The van der Waals surface area contributed by atoms with Crippen molar-refractivity contribution in [1.29, 1.82) is 0 Å². The molecule has 0 bridgehead atoms. The van der Waals surface area contributed by atoms with E-state index in [1.54, 1.807) is 48.5 Å². The molecule has 1 aromatic heterocycles. The van der Waals surface area contributed by atoms with Gasteiger partial charge in [0.1, 0.15) is 42.1 Å². The van der Waals surface area contributed by atoms with E-state index in [0.717, 1.165) is 14.7 Å². The van der Waals surface area contributed by atoms with Gasteiger partial charge in [-0.2, -0.15) is 13.2 Å². The molecule has 0 saturated carbocycles. The summed E-state index contributed by atoms with van der Waals surface area (Å²) in [6.07, 6.45) is -3.37. The van der Waals surface area contributed by atoms with E-state index >= 15 is 0 Å². The number of rotatable bonds is 39. The number of aldehydes is 1. The number of carbonyl (C=O) groups excluding carboxylic acids is 11. The Labute approximate surface area is 556 Å². The normalized spacial score (nSPS) is 16.1. The van der Waals surface area contributed by atoms with E-state index < -0.39 is 150 Å². The van der Waals surface area contributed by atoms with Crippen LogP contribution in [0.4, 0.5) is 13.2 Å². The predicted molar refractivity (Wildman–Crippen MR) is 352 cm³/mol. The molecule has 0 aliphatic rings. The molecule has 12 atom stereocenters. The molecule has 1 heterocycles. The van der Waals surface area contributed by atoms with Crippen molar-refractivity contribution in [2.75, 3.05) is 49.3 Å². The Hall–Kier alpha value is -6.55. The summed E-state index contributed by atoms with van der Waals surface area (Å²) in [4.78, 5) is 167. The summed E-state index contributed by atoms with van der Waals surface area (Å²) in [5, 5.41) is 26.0. The van der Waals surface area contributed by atoms with Gasteiger partial charge in [-0.05, 0) is 94.3 Å². The number of imide groups is 1. The number of nitrogens with zero attached hydrogens (tertiary/aromatic N) is 8. The van der Waals surface area contributed by atoms with Crippen molar-refractivity contribution in [2.24, 2.45) is 41.4 Å². The van der Waals surface area contributed by atoms with Gasteiger partial charge in [-0.15, -0.1) is 0 Å². The fourth-order valence-corrected chi connectivity index (χ4v) is 11.4. The molecule has 10 amide bonds. The Bertz CT molecular complexity index is 2690. The Balaban J connectivity index is 3.74. The SMILES string of the molecule is CC[C@@H](NC(=O)[C@H]([C@H](O)[C@H](C)Cc1nccn1CCC(F)(F)F)N(C)C(=O)[C@H](C(C)C)N(C)C(=O)CCC(C)C)C(=O)N(C)[C@H](C)C(=O)N(C)[C@@](C=O)(CC(C)C)N[C@H](C(=O)N(C)[C@@H](CC(C)C)C(=O)NC(=O)[C@@H](C)N[C@@H](C)C(=O)N(C)[C@@H](CC(C)C)C(=O)NC)C(C)C. The molecule has 0 aliphatic carbocycles. The third kappa shape index (κ3) is 24.6. The predicted octanol–water partition coefficient (Wildman–Crippen LogP) is 4.38. The van der Waals surface area contributed by atoms with E-state index in [-0.39, 0.29) is 73.4 Å².